The van der Waals surface area contributed by atoms with Crippen LogP contribution in [-0.4, -0.2) is 7.05 Å². The lowest BCUT2D eigenvalue weighted by atomic mass is 10.2. The van der Waals surface area contributed by atoms with E-state index in [4.69, 9.17) is 0 Å². The van der Waals surface area contributed by atoms with E-state index in [1.54, 1.807) is 0 Å². The largest absolute Gasteiger partial charge is 0.345 e. The summed E-state index contributed by atoms with van der Waals surface area (Å²) in [5, 5.41) is 0.908. The van der Waals surface area contributed by atoms with Crippen LogP contribution < -0.4 is 10.2 Å². The lowest BCUT2D eigenvalue weighted by Gasteiger charge is -2.19. The van der Waals surface area contributed by atoms with Crippen molar-refractivity contribution < 1.29 is 0 Å². The van der Waals surface area contributed by atoms with Crippen LogP contribution in [0.5, 0.6) is 0 Å². The van der Waals surface area contributed by atoms with Gasteiger partial charge >= 0.3 is 0 Å². The normalized spacial score (nSPS) is 10.6. The van der Waals surface area contributed by atoms with E-state index in [1.165, 1.54) is 16.7 Å². The standard InChI is InChI=1S/C13H12Br2NP/c1-16(11-5-3-2-4-6-11)12-7-9-13(10-8-12)17(14)15/h2-10H,1H3. The van der Waals surface area contributed by atoms with Gasteiger partial charge in [0.2, 0.25) is 0 Å². The van der Waals surface area contributed by atoms with E-state index in [2.05, 4.69) is 91.5 Å². The fourth-order valence-corrected chi connectivity index (χ4v) is 3.38. The van der Waals surface area contributed by atoms with Crippen molar-refractivity contribution in [2.75, 3.05) is 11.9 Å². The lowest BCUT2D eigenvalue weighted by molar-refractivity contribution is 1.21. The number of para-hydroxylation sites is 1. The van der Waals surface area contributed by atoms with Crippen LogP contribution in [0.2, 0.25) is 0 Å². The molecule has 0 atom stereocenters. The first kappa shape index (κ1) is 13.1. The molecule has 1 nitrogen and oxygen atoms in total. The van der Waals surface area contributed by atoms with E-state index in [0.717, 1.165) is 0 Å². The highest BCUT2D eigenvalue weighted by molar-refractivity contribution is 9.70. The molecular formula is C13H12Br2NP. The maximum atomic E-state index is 3.56. The Balaban J connectivity index is 2.23. The highest BCUT2D eigenvalue weighted by atomic mass is 79.9. The molecule has 0 fully saturated rings. The molecule has 0 saturated carbocycles. The van der Waals surface area contributed by atoms with Crippen LogP contribution in [0.3, 0.4) is 0 Å². The van der Waals surface area contributed by atoms with Crippen molar-refractivity contribution in [1.82, 2.24) is 0 Å². The summed E-state index contributed by atoms with van der Waals surface area (Å²) < 4.78 is 0. The van der Waals surface area contributed by atoms with Gasteiger partial charge in [-0.3, -0.25) is 0 Å². The Hall–Kier alpha value is -0.370. The van der Waals surface area contributed by atoms with Crippen LogP contribution >= 0.6 is 36.3 Å². The second-order valence-electron chi connectivity index (χ2n) is 3.64. The zero-order valence-electron chi connectivity index (χ0n) is 9.35. The fraction of sp³-hybridized carbons (Fsp3) is 0.0769. The Morgan fingerprint density at radius 2 is 1.35 bits per heavy atom. The minimum atomic E-state index is -0.375. The maximum Gasteiger partial charge on any atom is 0.0654 e. The van der Waals surface area contributed by atoms with Gasteiger partial charge in [-0.25, -0.2) is 0 Å². The van der Waals surface area contributed by atoms with E-state index in [9.17, 15) is 0 Å². The van der Waals surface area contributed by atoms with Crippen LogP contribution in [0.1, 0.15) is 0 Å². The number of hydrogen-bond acceptors (Lipinski definition) is 1. The van der Waals surface area contributed by atoms with Gasteiger partial charge in [-0.1, -0.05) is 30.3 Å². The quantitative estimate of drug-likeness (QED) is 0.671. The van der Waals surface area contributed by atoms with E-state index in [0.29, 0.717) is 0 Å². The number of nitrogens with zero attached hydrogens (tertiary/aromatic N) is 1. The van der Waals surface area contributed by atoms with Crippen LogP contribution in [0.4, 0.5) is 11.4 Å². The molecule has 0 aliphatic heterocycles. The molecular weight excluding hydrogens is 361 g/mol. The van der Waals surface area contributed by atoms with Crippen LogP contribution in [-0.2, 0) is 0 Å². The summed E-state index contributed by atoms with van der Waals surface area (Å²) in [6, 6.07) is 18.9. The smallest absolute Gasteiger partial charge is 0.0654 e. The average Bonchev–Trinajstić information content (AvgIpc) is 2.39. The van der Waals surface area contributed by atoms with Gasteiger partial charge in [0.05, 0.1) is 5.33 Å². The van der Waals surface area contributed by atoms with Gasteiger partial charge in [0, 0.05) is 18.4 Å². The minimum absolute atomic E-state index is 0.375. The van der Waals surface area contributed by atoms with Crippen LogP contribution in [0.25, 0.3) is 0 Å². The molecule has 88 valence electrons. The Kier molecular flexibility index (Phi) is 4.61. The number of benzene rings is 2. The molecule has 0 aliphatic carbocycles. The number of hydrogen-bond donors (Lipinski definition) is 0. The van der Waals surface area contributed by atoms with Crippen molar-refractivity contribution in [3.8, 4) is 0 Å². The maximum absolute atomic E-state index is 3.56. The highest BCUT2D eigenvalue weighted by Gasteiger charge is 2.05. The molecule has 2 aromatic rings. The first-order valence-electron chi connectivity index (χ1n) is 5.19. The van der Waals surface area contributed by atoms with E-state index >= 15 is 0 Å². The Labute approximate surface area is 119 Å². The zero-order chi connectivity index (χ0) is 12.3. The SMILES string of the molecule is CN(c1ccccc1)c1ccc(P(Br)Br)cc1. The van der Waals surface area contributed by atoms with Gasteiger partial charge in [-0.15, -0.1) is 0 Å². The van der Waals surface area contributed by atoms with Gasteiger partial charge in [0.1, 0.15) is 0 Å². The van der Waals surface area contributed by atoms with Gasteiger partial charge in [-0.2, -0.15) is 0 Å². The minimum Gasteiger partial charge on any atom is -0.345 e. The second kappa shape index (κ2) is 5.99. The molecule has 0 amide bonds. The summed E-state index contributed by atoms with van der Waals surface area (Å²) in [4.78, 5) is 2.18. The Morgan fingerprint density at radius 3 is 1.88 bits per heavy atom. The molecule has 0 radical (unpaired) electrons. The molecule has 0 aromatic heterocycles. The predicted octanol–water partition coefficient (Wildman–Crippen LogP) is 5.18. The first-order valence-corrected chi connectivity index (χ1v) is 10.6. The predicted molar refractivity (Wildman–Crippen MR) is 85.4 cm³/mol. The van der Waals surface area contributed by atoms with Gasteiger partial charge in [0.25, 0.3) is 0 Å². The molecule has 0 heterocycles. The third-order valence-corrected chi connectivity index (χ3v) is 5.72. The summed E-state index contributed by atoms with van der Waals surface area (Å²) >= 11 is 7.11. The van der Waals surface area contributed by atoms with Crippen molar-refractivity contribution >= 4 is 53.0 Å². The van der Waals surface area contributed by atoms with Crippen molar-refractivity contribution in [2.24, 2.45) is 0 Å². The Morgan fingerprint density at radius 1 is 0.824 bits per heavy atom. The molecule has 17 heavy (non-hydrogen) atoms. The second-order valence-corrected chi connectivity index (χ2v) is 11.7. The van der Waals surface area contributed by atoms with Crippen molar-refractivity contribution in [3.63, 3.8) is 0 Å². The van der Waals surface area contributed by atoms with E-state index < -0.39 is 0 Å². The Bertz CT molecular complexity index is 471. The molecule has 0 spiro atoms. The average molecular weight is 373 g/mol. The molecule has 0 aliphatic rings. The van der Waals surface area contributed by atoms with E-state index in [1.807, 2.05) is 6.07 Å². The summed E-state index contributed by atoms with van der Waals surface area (Å²) in [6.45, 7) is 0. The number of rotatable bonds is 3. The molecule has 0 saturated heterocycles. The molecule has 2 rings (SSSR count). The highest BCUT2D eigenvalue weighted by Crippen LogP contribution is 2.50. The number of anilines is 2. The molecule has 0 bridgehead atoms. The summed E-state index contributed by atoms with van der Waals surface area (Å²) in [6.07, 6.45) is 0. The lowest BCUT2D eigenvalue weighted by Crippen LogP contribution is -2.09. The summed E-state index contributed by atoms with van der Waals surface area (Å²) in [7, 11) is 2.08. The zero-order valence-corrected chi connectivity index (χ0v) is 13.4. The van der Waals surface area contributed by atoms with Crippen molar-refractivity contribution in [2.45, 2.75) is 0 Å². The third-order valence-electron chi connectivity index (χ3n) is 2.58. The monoisotopic (exact) mass is 371 g/mol. The van der Waals surface area contributed by atoms with Crippen molar-refractivity contribution in [1.29, 1.82) is 0 Å². The van der Waals surface area contributed by atoms with Gasteiger partial charge in [0.15, 0.2) is 0 Å². The van der Waals surface area contributed by atoms with Gasteiger partial charge in [-0.05, 0) is 60.5 Å². The van der Waals surface area contributed by atoms with Gasteiger partial charge < -0.3 is 4.90 Å². The molecule has 0 N–H and O–H groups in total. The summed E-state index contributed by atoms with van der Waals surface area (Å²) in [5.74, 6) is 0. The molecule has 0 unspecified atom stereocenters. The molecule has 4 heteroatoms. The number of halogens is 2. The molecule has 2 aromatic carbocycles. The topological polar surface area (TPSA) is 3.24 Å². The summed E-state index contributed by atoms with van der Waals surface area (Å²) in [5.41, 5.74) is 2.39. The third kappa shape index (κ3) is 3.31. The first-order chi connectivity index (χ1) is 8.18. The van der Waals surface area contributed by atoms with Crippen molar-refractivity contribution in [3.05, 3.63) is 54.6 Å². The van der Waals surface area contributed by atoms with Crippen LogP contribution in [0.15, 0.2) is 54.6 Å². The van der Waals surface area contributed by atoms with Crippen LogP contribution in [0, 0.1) is 0 Å². The fourth-order valence-electron chi connectivity index (χ4n) is 1.59. The van der Waals surface area contributed by atoms with E-state index in [-0.39, 0.29) is 5.33 Å².